The summed E-state index contributed by atoms with van der Waals surface area (Å²) in [6, 6.07) is 58.4. The minimum Gasteiger partial charge on any atom is -0.0888 e. The van der Waals surface area contributed by atoms with E-state index < -0.39 is 0 Å². The van der Waals surface area contributed by atoms with Gasteiger partial charge in [-0.1, -0.05) is 151 Å². The van der Waals surface area contributed by atoms with E-state index in [0.717, 1.165) is 0 Å². The average Bonchev–Trinajstić information content (AvgIpc) is 3.36. The molecule has 0 bridgehead atoms. The predicted molar refractivity (Wildman–Crippen MR) is 176 cm³/mol. The molecular formula is C41H26S. The van der Waals surface area contributed by atoms with Gasteiger partial charge in [-0.05, 0) is 79.2 Å². The maximum absolute atomic E-state index is 2.44. The van der Waals surface area contributed by atoms with Crippen molar-refractivity contribution >= 4 is 22.5 Å². The first-order chi connectivity index (χ1) is 20.8. The molecule has 0 unspecified atom stereocenters. The first-order valence-electron chi connectivity index (χ1n) is 14.5. The zero-order valence-electron chi connectivity index (χ0n) is 22.9. The highest BCUT2D eigenvalue weighted by molar-refractivity contribution is 7.99. The summed E-state index contributed by atoms with van der Waals surface area (Å²) in [5.41, 5.74) is 12.8. The molecule has 9 rings (SSSR count). The van der Waals surface area contributed by atoms with Crippen LogP contribution in [0.1, 0.15) is 22.3 Å². The smallest absolute Gasteiger partial charge is 0.0713 e. The van der Waals surface area contributed by atoms with Gasteiger partial charge in [-0.3, -0.25) is 0 Å². The molecule has 0 aromatic heterocycles. The van der Waals surface area contributed by atoms with Crippen LogP contribution in [-0.2, 0) is 5.41 Å². The van der Waals surface area contributed by atoms with Crippen molar-refractivity contribution in [1.29, 1.82) is 0 Å². The molecule has 0 spiro atoms. The van der Waals surface area contributed by atoms with Crippen molar-refractivity contribution in [1.82, 2.24) is 0 Å². The Kier molecular flexibility index (Phi) is 5.15. The molecule has 2 aliphatic rings. The molecule has 0 saturated heterocycles. The number of hydrogen-bond acceptors (Lipinski definition) is 1. The Bertz CT molecular complexity index is 2120. The molecule has 0 nitrogen and oxygen atoms in total. The second kappa shape index (κ2) is 9.08. The molecule has 1 aliphatic carbocycles. The normalized spacial score (nSPS) is 13.8. The number of fused-ring (bicyclic) bond motifs is 5. The van der Waals surface area contributed by atoms with Crippen LogP contribution in [0.5, 0.6) is 0 Å². The van der Waals surface area contributed by atoms with Crippen LogP contribution in [0, 0.1) is 0 Å². The summed E-state index contributed by atoms with van der Waals surface area (Å²) in [5.74, 6) is 0. The second-order valence-corrected chi connectivity index (χ2v) is 12.3. The van der Waals surface area contributed by atoms with E-state index in [4.69, 9.17) is 0 Å². The van der Waals surface area contributed by atoms with Crippen LogP contribution in [0.15, 0.2) is 168 Å². The molecule has 196 valence electrons. The number of rotatable bonds is 3. The van der Waals surface area contributed by atoms with E-state index in [1.54, 1.807) is 0 Å². The van der Waals surface area contributed by atoms with Crippen LogP contribution in [0.2, 0.25) is 0 Å². The molecule has 0 saturated carbocycles. The third-order valence-electron chi connectivity index (χ3n) is 9.17. The topological polar surface area (TPSA) is 0 Å². The highest BCUT2D eigenvalue weighted by Gasteiger charge is 2.45. The number of benzene rings is 7. The molecule has 1 aliphatic heterocycles. The van der Waals surface area contributed by atoms with Crippen molar-refractivity contribution in [2.24, 2.45) is 0 Å². The van der Waals surface area contributed by atoms with Crippen molar-refractivity contribution in [3.8, 4) is 33.4 Å². The SMILES string of the molecule is c1ccc(C2(c3ccccc3)c3ccccc3-c3cc(-c4ccc5c6c(cccc46)-c4ccccc4S5)ccc32)cc1. The van der Waals surface area contributed by atoms with Crippen LogP contribution in [0.4, 0.5) is 0 Å². The van der Waals surface area contributed by atoms with Crippen LogP contribution < -0.4 is 0 Å². The van der Waals surface area contributed by atoms with Gasteiger partial charge in [-0.2, -0.15) is 0 Å². The summed E-state index contributed by atoms with van der Waals surface area (Å²) in [6.45, 7) is 0. The molecule has 0 atom stereocenters. The molecule has 0 radical (unpaired) electrons. The third-order valence-corrected chi connectivity index (χ3v) is 10.3. The van der Waals surface area contributed by atoms with E-state index in [-0.39, 0.29) is 5.41 Å². The van der Waals surface area contributed by atoms with Gasteiger partial charge in [-0.15, -0.1) is 0 Å². The highest BCUT2D eigenvalue weighted by atomic mass is 32.2. The molecule has 7 aromatic carbocycles. The van der Waals surface area contributed by atoms with E-state index in [0.29, 0.717) is 0 Å². The van der Waals surface area contributed by atoms with Gasteiger partial charge in [0.05, 0.1) is 5.41 Å². The van der Waals surface area contributed by atoms with Gasteiger partial charge in [0.25, 0.3) is 0 Å². The van der Waals surface area contributed by atoms with Gasteiger partial charge in [-0.25, -0.2) is 0 Å². The van der Waals surface area contributed by atoms with E-state index >= 15 is 0 Å². The standard InChI is InChI=1S/C41H26S/c1-3-12-28(13-4-1)41(29-14-5-2-6-15-29)36-20-9-7-16-31(36)35-26-27(22-24-37(35)41)30-23-25-39-40-33(30)18-11-19-34(40)32-17-8-10-21-38(32)42-39/h1-26H. The van der Waals surface area contributed by atoms with Crippen LogP contribution in [-0.4, -0.2) is 0 Å². The lowest BCUT2D eigenvalue weighted by atomic mass is 9.67. The summed E-state index contributed by atoms with van der Waals surface area (Å²) in [6.07, 6.45) is 0. The Balaban J connectivity index is 1.31. The molecule has 1 heterocycles. The Hall–Kier alpha value is -4.85. The third kappa shape index (κ3) is 3.20. The molecule has 0 amide bonds. The lowest BCUT2D eigenvalue weighted by Crippen LogP contribution is -2.28. The molecule has 42 heavy (non-hydrogen) atoms. The summed E-state index contributed by atoms with van der Waals surface area (Å²) in [4.78, 5) is 2.67. The zero-order chi connectivity index (χ0) is 27.7. The fourth-order valence-corrected chi connectivity index (χ4v) is 8.58. The van der Waals surface area contributed by atoms with E-state index in [9.17, 15) is 0 Å². The quantitative estimate of drug-likeness (QED) is 0.211. The van der Waals surface area contributed by atoms with Crippen LogP contribution in [0.25, 0.3) is 44.2 Å². The van der Waals surface area contributed by atoms with Crippen molar-refractivity contribution in [2.75, 3.05) is 0 Å². The largest absolute Gasteiger partial charge is 0.0888 e. The van der Waals surface area contributed by atoms with Gasteiger partial charge < -0.3 is 0 Å². The van der Waals surface area contributed by atoms with E-state index in [2.05, 4.69) is 158 Å². The molecular weight excluding hydrogens is 525 g/mol. The molecule has 0 N–H and O–H groups in total. The fraction of sp³-hybridized carbons (Fsp3) is 0.0244. The van der Waals surface area contributed by atoms with E-state index in [1.807, 2.05) is 11.8 Å². The fourth-order valence-electron chi connectivity index (χ4n) is 7.45. The first kappa shape index (κ1) is 23.8. The Morgan fingerprint density at radius 3 is 1.81 bits per heavy atom. The summed E-state index contributed by atoms with van der Waals surface area (Å²) in [5, 5.41) is 2.68. The highest BCUT2D eigenvalue weighted by Crippen LogP contribution is 2.57. The van der Waals surface area contributed by atoms with Gasteiger partial charge >= 0.3 is 0 Å². The second-order valence-electron chi connectivity index (χ2n) is 11.2. The van der Waals surface area contributed by atoms with Crippen molar-refractivity contribution in [2.45, 2.75) is 15.2 Å². The Labute approximate surface area is 250 Å². The first-order valence-corrected chi connectivity index (χ1v) is 15.3. The van der Waals surface area contributed by atoms with E-state index in [1.165, 1.54) is 76.2 Å². The predicted octanol–water partition coefficient (Wildman–Crippen LogP) is 11.0. The maximum Gasteiger partial charge on any atom is 0.0713 e. The molecule has 1 heteroatoms. The van der Waals surface area contributed by atoms with Gasteiger partial charge in [0.1, 0.15) is 0 Å². The van der Waals surface area contributed by atoms with Crippen LogP contribution in [0.3, 0.4) is 0 Å². The lowest BCUT2D eigenvalue weighted by Gasteiger charge is -2.33. The summed E-state index contributed by atoms with van der Waals surface area (Å²) >= 11 is 1.88. The average molecular weight is 551 g/mol. The Morgan fingerprint density at radius 2 is 1.02 bits per heavy atom. The maximum atomic E-state index is 2.44. The molecule has 7 aromatic rings. The summed E-state index contributed by atoms with van der Waals surface area (Å²) < 4.78 is 0. The van der Waals surface area contributed by atoms with Gasteiger partial charge in [0.15, 0.2) is 0 Å². The van der Waals surface area contributed by atoms with Crippen LogP contribution >= 0.6 is 11.8 Å². The van der Waals surface area contributed by atoms with Crippen molar-refractivity contribution in [3.05, 3.63) is 180 Å². The van der Waals surface area contributed by atoms with Crippen molar-refractivity contribution in [3.63, 3.8) is 0 Å². The number of hydrogen-bond donors (Lipinski definition) is 0. The van der Waals surface area contributed by atoms with Gasteiger partial charge in [0.2, 0.25) is 0 Å². The monoisotopic (exact) mass is 550 g/mol. The van der Waals surface area contributed by atoms with Crippen molar-refractivity contribution < 1.29 is 0 Å². The van der Waals surface area contributed by atoms with Gasteiger partial charge in [0, 0.05) is 15.2 Å². The summed E-state index contributed by atoms with van der Waals surface area (Å²) in [7, 11) is 0. The lowest BCUT2D eigenvalue weighted by molar-refractivity contribution is 0.768. The Morgan fingerprint density at radius 1 is 0.381 bits per heavy atom. The minimum atomic E-state index is -0.368. The minimum absolute atomic E-state index is 0.368. The zero-order valence-corrected chi connectivity index (χ0v) is 23.7. The molecule has 0 fully saturated rings.